The fourth-order valence-corrected chi connectivity index (χ4v) is 5.56. The average Bonchev–Trinajstić information content (AvgIpc) is 3.61. The van der Waals surface area contributed by atoms with Crippen LogP contribution in [-0.2, 0) is 4.74 Å². The van der Waals surface area contributed by atoms with Gasteiger partial charge in [0.15, 0.2) is 0 Å². The molecule has 5 nitrogen and oxygen atoms in total. The van der Waals surface area contributed by atoms with Crippen LogP contribution in [0.3, 0.4) is 0 Å². The molecule has 1 saturated carbocycles. The van der Waals surface area contributed by atoms with Gasteiger partial charge in [-0.3, -0.25) is 0 Å². The van der Waals surface area contributed by atoms with Crippen LogP contribution in [-0.4, -0.2) is 39.2 Å². The zero-order valence-corrected chi connectivity index (χ0v) is 23.3. The standard InChI is InChI=1S/C31H31Cl2N3O2/c1-31(2,3)38-30(37)35-17-25(18-35)36-27-16-22(10-15-26(27)34-29(36)21-4-5-21)28(19-6-11-23(32)12-7-19)20-8-13-24(33)14-9-20/h6-16,21,25,28H,4-5,17-18H2,1-3H3. The van der Waals surface area contributed by atoms with Crippen LogP contribution in [0, 0.1) is 0 Å². The molecular formula is C31H31Cl2N3O2. The van der Waals surface area contributed by atoms with Gasteiger partial charge in [0, 0.05) is 35.0 Å². The first-order valence-corrected chi connectivity index (χ1v) is 13.9. The van der Waals surface area contributed by atoms with Crippen molar-refractivity contribution in [2.75, 3.05) is 13.1 Å². The number of ether oxygens (including phenoxy) is 1. The number of hydrogen-bond acceptors (Lipinski definition) is 3. The Kier molecular flexibility index (Phi) is 6.40. The van der Waals surface area contributed by atoms with Crippen molar-refractivity contribution >= 4 is 40.3 Å². The molecule has 1 aromatic heterocycles. The molecule has 38 heavy (non-hydrogen) atoms. The molecule has 0 radical (unpaired) electrons. The van der Waals surface area contributed by atoms with Gasteiger partial charge in [-0.15, -0.1) is 0 Å². The summed E-state index contributed by atoms with van der Waals surface area (Å²) in [4.78, 5) is 19.5. The van der Waals surface area contributed by atoms with Crippen LogP contribution < -0.4 is 0 Å². The van der Waals surface area contributed by atoms with E-state index in [4.69, 9.17) is 32.9 Å². The van der Waals surface area contributed by atoms with E-state index in [9.17, 15) is 4.79 Å². The summed E-state index contributed by atoms with van der Waals surface area (Å²) >= 11 is 12.5. The van der Waals surface area contributed by atoms with Crippen molar-refractivity contribution in [2.24, 2.45) is 0 Å². The fourth-order valence-electron chi connectivity index (χ4n) is 5.30. The van der Waals surface area contributed by atoms with Gasteiger partial charge in [0.1, 0.15) is 11.4 Å². The number of carbonyl (C=O) groups excluding carboxylic acids is 1. The predicted octanol–water partition coefficient (Wildman–Crippen LogP) is 8.19. The molecule has 0 unspecified atom stereocenters. The minimum atomic E-state index is -0.504. The van der Waals surface area contributed by atoms with Gasteiger partial charge in [0.2, 0.25) is 0 Å². The molecule has 0 N–H and O–H groups in total. The van der Waals surface area contributed by atoms with Crippen LogP contribution in [0.25, 0.3) is 11.0 Å². The molecule has 4 aromatic rings. The van der Waals surface area contributed by atoms with Crippen molar-refractivity contribution in [1.82, 2.24) is 14.5 Å². The van der Waals surface area contributed by atoms with Crippen molar-refractivity contribution in [1.29, 1.82) is 0 Å². The monoisotopic (exact) mass is 547 g/mol. The molecule has 2 heterocycles. The van der Waals surface area contributed by atoms with Crippen LogP contribution in [0.2, 0.25) is 10.0 Å². The first-order valence-electron chi connectivity index (χ1n) is 13.2. The van der Waals surface area contributed by atoms with Crippen LogP contribution in [0.4, 0.5) is 4.79 Å². The quantitative estimate of drug-likeness (QED) is 0.236. The molecule has 2 aliphatic rings. The Morgan fingerprint density at radius 1 is 0.895 bits per heavy atom. The van der Waals surface area contributed by atoms with E-state index in [0.29, 0.717) is 29.1 Å². The highest BCUT2D eigenvalue weighted by Crippen LogP contribution is 2.44. The van der Waals surface area contributed by atoms with Crippen molar-refractivity contribution in [3.05, 3.63) is 99.3 Å². The maximum Gasteiger partial charge on any atom is 0.410 e. The molecule has 0 atom stereocenters. The van der Waals surface area contributed by atoms with E-state index in [1.807, 2.05) is 45.0 Å². The number of halogens is 2. The maximum atomic E-state index is 12.6. The number of benzene rings is 3. The zero-order valence-electron chi connectivity index (χ0n) is 21.8. The lowest BCUT2D eigenvalue weighted by Crippen LogP contribution is -2.52. The molecular weight excluding hydrogens is 517 g/mol. The highest BCUT2D eigenvalue weighted by molar-refractivity contribution is 6.30. The highest BCUT2D eigenvalue weighted by atomic mass is 35.5. The van der Waals surface area contributed by atoms with Crippen LogP contribution in [0.5, 0.6) is 0 Å². The fraction of sp³-hybridized carbons (Fsp3) is 0.355. The Morgan fingerprint density at radius 2 is 1.45 bits per heavy atom. The highest BCUT2D eigenvalue weighted by Gasteiger charge is 2.39. The summed E-state index contributed by atoms with van der Waals surface area (Å²) in [5.74, 6) is 1.64. The van der Waals surface area contributed by atoms with Crippen molar-refractivity contribution in [3.63, 3.8) is 0 Å². The van der Waals surface area contributed by atoms with Gasteiger partial charge >= 0.3 is 6.09 Å². The topological polar surface area (TPSA) is 47.4 Å². The van der Waals surface area contributed by atoms with Crippen molar-refractivity contribution in [3.8, 4) is 0 Å². The van der Waals surface area contributed by atoms with Crippen LogP contribution >= 0.6 is 23.2 Å². The average molecular weight is 549 g/mol. The largest absolute Gasteiger partial charge is 0.444 e. The van der Waals surface area contributed by atoms with Crippen LogP contribution in [0.15, 0.2) is 66.7 Å². The Bertz CT molecular complexity index is 1430. The lowest BCUT2D eigenvalue weighted by atomic mass is 9.85. The molecule has 1 amide bonds. The second kappa shape index (κ2) is 9.62. The summed E-state index contributed by atoms with van der Waals surface area (Å²) in [6, 6.07) is 22.9. The molecule has 1 saturated heterocycles. The third kappa shape index (κ3) is 5.02. The molecule has 1 aliphatic carbocycles. The van der Waals surface area contributed by atoms with Gasteiger partial charge in [0.05, 0.1) is 17.1 Å². The van der Waals surface area contributed by atoms with E-state index in [2.05, 4.69) is 47.0 Å². The summed E-state index contributed by atoms with van der Waals surface area (Å²) in [7, 11) is 0. The number of hydrogen-bond donors (Lipinski definition) is 0. The van der Waals surface area contributed by atoms with Crippen LogP contribution in [0.1, 0.15) is 74.0 Å². The summed E-state index contributed by atoms with van der Waals surface area (Å²) < 4.78 is 7.98. The number of nitrogens with zero attached hydrogens (tertiary/aromatic N) is 3. The Hall–Kier alpha value is -3.02. The predicted molar refractivity (Wildman–Crippen MR) is 152 cm³/mol. The van der Waals surface area contributed by atoms with E-state index in [1.165, 1.54) is 5.56 Å². The molecule has 6 rings (SSSR count). The Labute approximate surface area is 233 Å². The van der Waals surface area contributed by atoms with Gasteiger partial charge in [-0.05, 0) is 86.7 Å². The normalized spacial score (nSPS) is 16.2. The smallest absolute Gasteiger partial charge is 0.410 e. The van der Waals surface area contributed by atoms with Crippen molar-refractivity contribution < 1.29 is 9.53 Å². The number of rotatable bonds is 5. The van der Waals surface area contributed by atoms with Gasteiger partial charge in [-0.1, -0.05) is 53.5 Å². The van der Waals surface area contributed by atoms with Gasteiger partial charge in [0.25, 0.3) is 0 Å². The number of imidazole rings is 1. The van der Waals surface area contributed by atoms with E-state index in [1.54, 1.807) is 4.90 Å². The summed E-state index contributed by atoms with van der Waals surface area (Å²) in [5.41, 5.74) is 5.10. The molecule has 196 valence electrons. The van der Waals surface area contributed by atoms with E-state index in [-0.39, 0.29) is 18.1 Å². The number of carbonyl (C=O) groups is 1. The lowest BCUT2D eigenvalue weighted by molar-refractivity contribution is 0.00120. The summed E-state index contributed by atoms with van der Waals surface area (Å²) in [6.07, 6.45) is 2.07. The number of aromatic nitrogens is 2. The molecule has 3 aromatic carbocycles. The molecule has 1 aliphatic heterocycles. The minimum absolute atomic E-state index is 0.0151. The number of amides is 1. The Balaban J connectivity index is 1.39. The number of fused-ring (bicyclic) bond motifs is 1. The van der Waals surface area contributed by atoms with Gasteiger partial charge in [-0.2, -0.15) is 0 Å². The zero-order chi connectivity index (χ0) is 26.6. The summed E-state index contributed by atoms with van der Waals surface area (Å²) in [5, 5.41) is 1.43. The molecule has 0 spiro atoms. The molecule has 0 bridgehead atoms. The Morgan fingerprint density at radius 3 is 1.97 bits per heavy atom. The van der Waals surface area contributed by atoms with E-state index >= 15 is 0 Å². The lowest BCUT2D eigenvalue weighted by Gasteiger charge is -2.41. The minimum Gasteiger partial charge on any atom is -0.444 e. The summed E-state index contributed by atoms with van der Waals surface area (Å²) in [6.45, 7) is 6.95. The second-order valence-corrected chi connectivity index (χ2v) is 12.3. The van der Waals surface area contributed by atoms with E-state index in [0.717, 1.165) is 40.8 Å². The molecule has 2 fully saturated rings. The maximum absolute atomic E-state index is 12.6. The van der Waals surface area contributed by atoms with Gasteiger partial charge in [-0.25, -0.2) is 9.78 Å². The SMILES string of the molecule is CC(C)(C)OC(=O)N1CC(n2c(C3CC3)nc3ccc(C(c4ccc(Cl)cc4)c4ccc(Cl)cc4)cc32)C1. The third-order valence-electron chi connectivity index (χ3n) is 7.30. The second-order valence-electron chi connectivity index (χ2n) is 11.4. The third-order valence-corrected chi connectivity index (χ3v) is 7.81. The first kappa shape index (κ1) is 25.3. The van der Waals surface area contributed by atoms with Gasteiger partial charge < -0.3 is 14.2 Å². The van der Waals surface area contributed by atoms with E-state index < -0.39 is 5.60 Å². The van der Waals surface area contributed by atoms with Crippen molar-refractivity contribution in [2.45, 2.75) is 57.1 Å². The number of likely N-dealkylation sites (tertiary alicyclic amines) is 1. The molecule has 7 heteroatoms. The first-order chi connectivity index (χ1) is 18.2.